The van der Waals surface area contributed by atoms with Crippen molar-refractivity contribution < 1.29 is 19.0 Å². The van der Waals surface area contributed by atoms with Crippen LogP contribution in [0.3, 0.4) is 0 Å². The van der Waals surface area contributed by atoms with Gasteiger partial charge in [-0.25, -0.2) is 0 Å². The maximum absolute atomic E-state index is 11.3. The first-order valence-electron chi connectivity index (χ1n) is 4.71. The Morgan fingerprint density at radius 1 is 1.27 bits per heavy atom. The fraction of sp³-hybridized carbons (Fsp3) is 0.364. The fourth-order valence-electron chi connectivity index (χ4n) is 1.51. The molecule has 1 heterocycles. The van der Waals surface area contributed by atoms with Crippen LogP contribution in [0.15, 0.2) is 12.1 Å². The van der Waals surface area contributed by atoms with Crippen molar-refractivity contribution in [3.63, 3.8) is 0 Å². The SMILES string of the molecule is COc1cc2c(cc1C(C)=O)OCCO2. The van der Waals surface area contributed by atoms with Crippen molar-refractivity contribution in [2.75, 3.05) is 20.3 Å². The van der Waals surface area contributed by atoms with Gasteiger partial charge in [-0.2, -0.15) is 0 Å². The van der Waals surface area contributed by atoms with E-state index < -0.39 is 0 Å². The molecule has 1 aromatic rings. The van der Waals surface area contributed by atoms with Crippen molar-refractivity contribution in [3.05, 3.63) is 17.7 Å². The van der Waals surface area contributed by atoms with Gasteiger partial charge in [-0.05, 0) is 13.0 Å². The predicted octanol–water partition coefficient (Wildman–Crippen LogP) is 1.67. The van der Waals surface area contributed by atoms with E-state index in [-0.39, 0.29) is 5.78 Å². The van der Waals surface area contributed by atoms with Crippen molar-refractivity contribution in [2.24, 2.45) is 0 Å². The van der Waals surface area contributed by atoms with E-state index in [1.54, 1.807) is 12.1 Å². The summed E-state index contributed by atoms with van der Waals surface area (Å²) in [4.78, 5) is 11.3. The number of carbonyl (C=O) groups is 1. The Hall–Kier alpha value is -1.71. The molecule has 80 valence electrons. The summed E-state index contributed by atoms with van der Waals surface area (Å²) in [6.45, 7) is 2.53. The Labute approximate surface area is 87.8 Å². The second-order valence-electron chi connectivity index (χ2n) is 3.25. The normalized spacial score (nSPS) is 13.5. The average molecular weight is 208 g/mol. The zero-order valence-electron chi connectivity index (χ0n) is 8.70. The van der Waals surface area contributed by atoms with Crippen molar-refractivity contribution in [1.29, 1.82) is 0 Å². The van der Waals surface area contributed by atoms with Crippen LogP contribution in [0, 0.1) is 0 Å². The number of fused-ring (bicyclic) bond motifs is 1. The molecule has 4 heteroatoms. The molecule has 15 heavy (non-hydrogen) atoms. The van der Waals surface area contributed by atoms with E-state index in [4.69, 9.17) is 14.2 Å². The molecular weight excluding hydrogens is 196 g/mol. The Morgan fingerprint density at radius 3 is 2.40 bits per heavy atom. The summed E-state index contributed by atoms with van der Waals surface area (Å²) in [5, 5.41) is 0. The standard InChI is InChI=1S/C11H12O4/c1-7(12)8-5-10-11(6-9(8)13-2)15-4-3-14-10/h5-6H,3-4H2,1-2H3. The molecule has 0 aromatic heterocycles. The molecule has 0 saturated carbocycles. The topological polar surface area (TPSA) is 44.8 Å². The molecule has 0 fully saturated rings. The number of Topliss-reactive ketones (excluding diaryl/α,β-unsaturated/α-hetero) is 1. The Bertz CT molecular complexity index is 398. The lowest BCUT2D eigenvalue weighted by Crippen LogP contribution is -2.16. The molecule has 0 N–H and O–H groups in total. The first-order chi connectivity index (χ1) is 7.22. The van der Waals surface area contributed by atoms with E-state index >= 15 is 0 Å². The minimum Gasteiger partial charge on any atom is -0.496 e. The third kappa shape index (κ3) is 1.75. The van der Waals surface area contributed by atoms with Gasteiger partial charge < -0.3 is 14.2 Å². The lowest BCUT2D eigenvalue weighted by molar-refractivity contribution is 0.101. The highest BCUT2D eigenvalue weighted by molar-refractivity contribution is 5.97. The van der Waals surface area contributed by atoms with Crippen LogP contribution in [0.4, 0.5) is 0 Å². The smallest absolute Gasteiger partial charge is 0.165 e. The van der Waals surface area contributed by atoms with Crippen LogP contribution in [0.25, 0.3) is 0 Å². The lowest BCUT2D eigenvalue weighted by Gasteiger charge is -2.20. The number of ketones is 1. The molecule has 0 spiro atoms. The highest BCUT2D eigenvalue weighted by Gasteiger charge is 2.18. The van der Waals surface area contributed by atoms with Crippen LogP contribution in [-0.2, 0) is 0 Å². The molecule has 0 radical (unpaired) electrons. The second-order valence-corrected chi connectivity index (χ2v) is 3.25. The summed E-state index contributed by atoms with van der Waals surface area (Å²) in [5.41, 5.74) is 0.516. The van der Waals surface area contributed by atoms with Crippen molar-refractivity contribution in [2.45, 2.75) is 6.92 Å². The number of methoxy groups -OCH3 is 1. The molecule has 0 saturated heterocycles. The minimum absolute atomic E-state index is 0.0520. The Balaban J connectivity index is 2.51. The maximum Gasteiger partial charge on any atom is 0.165 e. The van der Waals surface area contributed by atoms with Crippen LogP contribution in [-0.4, -0.2) is 26.1 Å². The van der Waals surface area contributed by atoms with Gasteiger partial charge in [-0.1, -0.05) is 0 Å². The number of ether oxygens (including phenoxy) is 3. The summed E-state index contributed by atoms with van der Waals surface area (Å²) >= 11 is 0. The molecule has 1 aliphatic heterocycles. The first-order valence-corrected chi connectivity index (χ1v) is 4.71. The van der Waals surface area contributed by atoms with Gasteiger partial charge in [0.25, 0.3) is 0 Å². The largest absolute Gasteiger partial charge is 0.496 e. The van der Waals surface area contributed by atoms with Crippen molar-refractivity contribution in [3.8, 4) is 17.2 Å². The molecule has 1 aliphatic rings. The summed E-state index contributed by atoms with van der Waals surface area (Å²) in [5.74, 6) is 1.70. The molecule has 0 bridgehead atoms. The molecule has 0 aliphatic carbocycles. The molecule has 4 nitrogen and oxygen atoms in total. The van der Waals surface area contributed by atoms with Gasteiger partial charge in [0.1, 0.15) is 19.0 Å². The zero-order valence-corrected chi connectivity index (χ0v) is 8.70. The van der Waals surface area contributed by atoms with E-state index in [0.717, 1.165) is 0 Å². The van der Waals surface area contributed by atoms with Crippen LogP contribution in [0.5, 0.6) is 17.2 Å². The number of hydrogen-bond donors (Lipinski definition) is 0. The van der Waals surface area contributed by atoms with E-state index in [2.05, 4.69) is 0 Å². The second kappa shape index (κ2) is 3.81. The van der Waals surface area contributed by atoms with E-state index in [1.807, 2.05) is 0 Å². The van der Waals surface area contributed by atoms with Crippen LogP contribution in [0.2, 0.25) is 0 Å². The van der Waals surface area contributed by atoms with Crippen LogP contribution >= 0.6 is 0 Å². The van der Waals surface area contributed by atoms with Crippen LogP contribution in [0.1, 0.15) is 17.3 Å². The van der Waals surface area contributed by atoms with Gasteiger partial charge in [0, 0.05) is 6.07 Å². The third-order valence-electron chi connectivity index (χ3n) is 2.24. The number of hydrogen-bond acceptors (Lipinski definition) is 4. The highest BCUT2D eigenvalue weighted by Crippen LogP contribution is 2.36. The van der Waals surface area contributed by atoms with Gasteiger partial charge in [-0.15, -0.1) is 0 Å². The van der Waals surface area contributed by atoms with Crippen molar-refractivity contribution in [1.82, 2.24) is 0 Å². The summed E-state index contributed by atoms with van der Waals surface area (Å²) in [6, 6.07) is 3.35. The summed E-state index contributed by atoms with van der Waals surface area (Å²) in [7, 11) is 1.53. The molecule has 0 unspecified atom stereocenters. The molecule has 0 atom stereocenters. The van der Waals surface area contributed by atoms with Crippen molar-refractivity contribution >= 4 is 5.78 Å². The number of rotatable bonds is 2. The Morgan fingerprint density at radius 2 is 1.87 bits per heavy atom. The van der Waals surface area contributed by atoms with Gasteiger partial charge in [0.2, 0.25) is 0 Å². The van der Waals surface area contributed by atoms with Crippen LogP contribution < -0.4 is 14.2 Å². The van der Waals surface area contributed by atoms with E-state index in [9.17, 15) is 4.79 Å². The monoisotopic (exact) mass is 208 g/mol. The Kier molecular flexibility index (Phi) is 2.49. The van der Waals surface area contributed by atoms with Gasteiger partial charge >= 0.3 is 0 Å². The first kappa shape index (κ1) is 9.83. The molecule has 2 rings (SSSR count). The fourth-order valence-corrected chi connectivity index (χ4v) is 1.51. The predicted molar refractivity (Wildman–Crippen MR) is 54.0 cm³/mol. The molecule has 0 amide bonds. The van der Waals surface area contributed by atoms with E-state index in [0.29, 0.717) is 36.0 Å². The zero-order chi connectivity index (χ0) is 10.8. The quantitative estimate of drug-likeness (QED) is 0.693. The number of carbonyl (C=O) groups excluding carboxylic acids is 1. The average Bonchev–Trinajstić information content (AvgIpc) is 2.27. The molecule has 1 aromatic carbocycles. The summed E-state index contributed by atoms with van der Waals surface area (Å²) in [6.07, 6.45) is 0. The third-order valence-corrected chi connectivity index (χ3v) is 2.24. The molecular formula is C11H12O4. The highest BCUT2D eigenvalue weighted by atomic mass is 16.6. The van der Waals surface area contributed by atoms with Gasteiger partial charge in [0.15, 0.2) is 17.3 Å². The van der Waals surface area contributed by atoms with Gasteiger partial charge in [0.05, 0.1) is 12.7 Å². The minimum atomic E-state index is -0.0520. The van der Waals surface area contributed by atoms with E-state index in [1.165, 1.54) is 14.0 Å². The maximum atomic E-state index is 11.3. The number of benzene rings is 1. The summed E-state index contributed by atoms with van der Waals surface area (Å²) < 4.78 is 15.9. The lowest BCUT2D eigenvalue weighted by atomic mass is 10.1. The van der Waals surface area contributed by atoms with Gasteiger partial charge in [-0.3, -0.25) is 4.79 Å².